The van der Waals surface area contributed by atoms with E-state index in [1.165, 1.54) is 0 Å². The smallest absolute Gasteiger partial charge is 0.315 e. The summed E-state index contributed by atoms with van der Waals surface area (Å²) in [6.45, 7) is 3.05. The monoisotopic (exact) mass is 360 g/mol. The van der Waals surface area contributed by atoms with Crippen LogP contribution in [0.4, 0.5) is 4.79 Å². The summed E-state index contributed by atoms with van der Waals surface area (Å²) in [5, 5.41) is 6.01. The maximum Gasteiger partial charge on any atom is 0.315 e. The van der Waals surface area contributed by atoms with Gasteiger partial charge in [0.25, 0.3) is 0 Å². The van der Waals surface area contributed by atoms with Crippen LogP contribution in [0.3, 0.4) is 0 Å². The van der Waals surface area contributed by atoms with Crippen molar-refractivity contribution in [3.8, 4) is 5.75 Å². The number of hydrogen-bond acceptors (Lipinski definition) is 2. The molecule has 0 aromatic heterocycles. The molecule has 0 unspecified atom stereocenters. The van der Waals surface area contributed by atoms with Crippen molar-refractivity contribution < 1.29 is 9.53 Å². The zero-order valence-corrected chi connectivity index (χ0v) is 15.4. The van der Waals surface area contributed by atoms with Crippen LogP contribution in [0.1, 0.15) is 29.7 Å². The van der Waals surface area contributed by atoms with Gasteiger partial charge in [0.05, 0.1) is 12.6 Å². The third kappa shape index (κ3) is 5.35. The molecule has 3 aromatic rings. The predicted molar refractivity (Wildman–Crippen MR) is 108 cm³/mol. The van der Waals surface area contributed by atoms with Crippen molar-refractivity contribution in [2.24, 2.45) is 0 Å². The molecule has 4 nitrogen and oxygen atoms in total. The second kappa shape index (κ2) is 9.43. The number of rotatable bonds is 7. The Hall–Kier alpha value is -3.27. The second-order valence-electron chi connectivity index (χ2n) is 6.16. The second-order valence-corrected chi connectivity index (χ2v) is 6.16. The van der Waals surface area contributed by atoms with Gasteiger partial charge in [0.15, 0.2) is 0 Å². The van der Waals surface area contributed by atoms with Crippen LogP contribution < -0.4 is 15.4 Å². The molecular formula is C23H24N2O2. The number of nitrogens with one attached hydrogen (secondary N) is 2. The number of hydrogen-bond donors (Lipinski definition) is 2. The molecule has 0 aliphatic carbocycles. The van der Waals surface area contributed by atoms with E-state index in [4.69, 9.17) is 4.74 Å². The molecule has 27 heavy (non-hydrogen) atoms. The summed E-state index contributed by atoms with van der Waals surface area (Å²) in [6, 6.07) is 27.2. The minimum Gasteiger partial charge on any atom is -0.494 e. The van der Waals surface area contributed by atoms with Gasteiger partial charge in [0.1, 0.15) is 5.75 Å². The average Bonchev–Trinajstić information content (AvgIpc) is 2.73. The van der Waals surface area contributed by atoms with Gasteiger partial charge < -0.3 is 15.4 Å². The van der Waals surface area contributed by atoms with Crippen LogP contribution in [-0.2, 0) is 6.54 Å². The molecule has 2 amide bonds. The topological polar surface area (TPSA) is 50.4 Å². The summed E-state index contributed by atoms with van der Waals surface area (Å²) < 4.78 is 5.44. The Morgan fingerprint density at radius 1 is 0.852 bits per heavy atom. The van der Waals surface area contributed by atoms with E-state index < -0.39 is 0 Å². The number of ether oxygens (including phenoxy) is 1. The Morgan fingerprint density at radius 3 is 1.93 bits per heavy atom. The molecule has 138 valence electrons. The predicted octanol–water partition coefficient (Wildman–Crippen LogP) is 4.67. The first-order valence-corrected chi connectivity index (χ1v) is 9.12. The van der Waals surface area contributed by atoms with Gasteiger partial charge in [-0.1, -0.05) is 72.8 Å². The molecule has 3 aromatic carbocycles. The Morgan fingerprint density at radius 2 is 1.41 bits per heavy atom. The molecule has 2 N–H and O–H groups in total. The van der Waals surface area contributed by atoms with Crippen molar-refractivity contribution in [2.75, 3.05) is 6.61 Å². The van der Waals surface area contributed by atoms with Gasteiger partial charge in [-0.15, -0.1) is 0 Å². The highest BCUT2D eigenvalue weighted by molar-refractivity contribution is 5.75. The van der Waals surface area contributed by atoms with Gasteiger partial charge >= 0.3 is 6.03 Å². The fourth-order valence-corrected chi connectivity index (χ4v) is 2.88. The summed E-state index contributed by atoms with van der Waals surface area (Å²) in [5.41, 5.74) is 3.10. The zero-order valence-electron chi connectivity index (χ0n) is 15.4. The van der Waals surface area contributed by atoms with Crippen LogP contribution in [-0.4, -0.2) is 12.6 Å². The van der Waals surface area contributed by atoms with E-state index >= 15 is 0 Å². The fraction of sp³-hybridized carbons (Fsp3) is 0.174. The molecule has 0 saturated heterocycles. The largest absolute Gasteiger partial charge is 0.494 e. The Kier molecular flexibility index (Phi) is 6.47. The molecule has 0 atom stereocenters. The van der Waals surface area contributed by atoms with E-state index in [2.05, 4.69) is 10.6 Å². The normalized spacial score (nSPS) is 10.4. The number of carbonyl (C=O) groups excluding carboxylic acids is 1. The van der Waals surface area contributed by atoms with E-state index in [0.717, 1.165) is 22.4 Å². The van der Waals surface area contributed by atoms with Crippen molar-refractivity contribution in [3.63, 3.8) is 0 Å². The minimum atomic E-state index is -0.207. The molecule has 4 heteroatoms. The van der Waals surface area contributed by atoms with Crippen molar-refractivity contribution >= 4 is 6.03 Å². The molecule has 0 heterocycles. The Labute approximate surface area is 160 Å². The zero-order chi connectivity index (χ0) is 18.9. The van der Waals surface area contributed by atoms with Crippen LogP contribution >= 0.6 is 0 Å². The van der Waals surface area contributed by atoms with Crippen LogP contribution in [0.15, 0.2) is 84.9 Å². The van der Waals surface area contributed by atoms with Crippen molar-refractivity contribution in [3.05, 3.63) is 102 Å². The van der Waals surface area contributed by atoms with Crippen LogP contribution in [0.25, 0.3) is 0 Å². The van der Waals surface area contributed by atoms with E-state index in [-0.39, 0.29) is 12.1 Å². The maximum atomic E-state index is 12.5. The first-order valence-electron chi connectivity index (χ1n) is 9.12. The molecule has 3 rings (SSSR count). The number of carbonyl (C=O) groups is 1. The van der Waals surface area contributed by atoms with Crippen molar-refractivity contribution in [1.82, 2.24) is 10.6 Å². The van der Waals surface area contributed by atoms with Gasteiger partial charge in [-0.3, -0.25) is 0 Å². The van der Waals surface area contributed by atoms with Gasteiger partial charge in [0.2, 0.25) is 0 Å². The summed E-state index contributed by atoms with van der Waals surface area (Å²) in [4.78, 5) is 12.5. The number of amides is 2. The highest BCUT2D eigenvalue weighted by Gasteiger charge is 2.16. The first-order chi connectivity index (χ1) is 13.3. The lowest BCUT2D eigenvalue weighted by atomic mass is 9.99. The molecule has 0 aliphatic rings. The average molecular weight is 360 g/mol. The van der Waals surface area contributed by atoms with E-state index in [1.54, 1.807) is 0 Å². The summed E-state index contributed by atoms with van der Waals surface area (Å²) >= 11 is 0. The molecular weight excluding hydrogens is 336 g/mol. The first kappa shape index (κ1) is 18.5. The number of benzene rings is 3. The molecule has 0 aliphatic heterocycles. The lowest BCUT2D eigenvalue weighted by Crippen LogP contribution is -2.38. The highest BCUT2D eigenvalue weighted by Crippen LogP contribution is 2.21. The highest BCUT2D eigenvalue weighted by atomic mass is 16.5. The third-order valence-electron chi connectivity index (χ3n) is 4.23. The van der Waals surface area contributed by atoms with E-state index in [9.17, 15) is 4.79 Å². The third-order valence-corrected chi connectivity index (χ3v) is 4.23. The summed E-state index contributed by atoms with van der Waals surface area (Å²) in [7, 11) is 0. The van der Waals surface area contributed by atoms with Crippen LogP contribution in [0.2, 0.25) is 0 Å². The molecule has 0 bridgehead atoms. The van der Waals surface area contributed by atoms with E-state index in [1.807, 2.05) is 91.9 Å². The lowest BCUT2D eigenvalue weighted by Gasteiger charge is -2.20. The van der Waals surface area contributed by atoms with Crippen molar-refractivity contribution in [2.45, 2.75) is 19.5 Å². The van der Waals surface area contributed by atoms with Gasteiger partial charge in [-0.25, -0.2) is 4.79 Å². The van der Waals surface area contributed by atoms with Crippen LogP contribution in [0.5, 0.6) is 5.75 Å². The summed E-state index contributed by atoms with van der Waals surface area (Å²) in [6.07, 6.45) is 0. The molecule has 0 saturated carbocycles. The Balaban J connectivity index is 1.64. The molecule has 0 radical (unpaired) electrons. The SMILES string of the molecule is CCOc1ccc(CNC(=O)NC(c2ccccc2)c2ccccc2)cc1. The Bertz CT molecular complexity index is 794. The standard InChI is InChI=1S/C23H24N2O2/c1-2-27-21-15-13-18(14-16-21)17-24-23(26)25-22(19-9-5-3-6-10-19)20-11-7-4-8-12-20/h3-16,22H,2,17H2,1H3,(H2,24,25,26). The number of urea groups is 1. The quantitative estimate of drug-likeness (QED) is 0.643. The van der Waals surface area contributed by atoms with E-state index in [0.29, 0.717) is 13.2 Å². The van der Waals surface area contributed by atoms with Gasteiger partial charge in [-0.05, 0) is 35.7 Å². The van der Waals surface area contributed by atoms with Gasteiger partial charge in [-0.2, -0.15) is 0 Å². The summed E-state index contributed by atoms with van der Waals surface area (Å²) in [5.74, 6) is 0.832. The lowest BCUT2D eigenvalue weighted by molar-refractivity contribution is 0.238. The van der Waals surface area contributed by atoms with Crippen LogP contribution in [0, 0.1) is 0 Å². The van der Waals surface area contributed by atoms with Gasteiger partial charge in [0, 0.05) is 6.54 Å². The minimum absolute atomic E-state index is 0.201. The molecule has 0 fully saturated rings. The van der Waals surface area contributed by atoms with Crippen molar-refractivity contribution in [1.29, 1.82) is 0 Å². The maximum absolute atomic E-state index is 12.5. The fourth-order valence-electron chi connectivity index (χ4n) is 2.88. The molecule has 0 spiro atoms.